The molecule has 0 aromatic heterocycles. The lowest BCUT2D eigenvalue weighted by atomic mass is 9.99. The summed E-state index contributed by atoms with van der Waals surface area (Å²) in [7, 11) is 0. The maximum Gasteiger partial charge on any atom is 0.246 e. The third-order valence-corrected chi connectivity index (χ3v) is 3.07. The highest BCUT2D eigenvalue weighted by atomic mass is 16.2. The lowest BCUT2D eigenvalue weighted by Crippen LogP contribution is -2.62. The molecule has 2 atom stereocenters. The van der Waals surface area contributed by atoms with Gasteiger partial charge in [0, 0.05) is 6.54 Å². The van der Waals surface area contributed by atoms with Crippen molar-refractivity contribution < 1.29 is 9.59 Å². The molecule has 0 aliphatic carbocycles. The molecule has 14 heavy (non-hydrogen) atoms. The van der Waals surface area contributed by atoms with Gasteiger partial charge in [-0.3, -0.25) is 9.59 Å². The topological polar surface area (TPSA) is 49.4 Å². The number of piperazine rings is 1. The van der Waals surface area contributed by atoms with E-state index in [4.69, 9.17) is 0 Å². The predicted octanol–water partition coefficient (Wildman–Crippen LogP) is 0.132. The second kappa shape index (κ2) is 3.26. The van der Waals surface area contributed by atoms with Gasteiger partial charge in [-0.1, -0.05) is 13.8 Å². The fraction of sp³-hybridized carbons (Fsp3) is 0.800. The van der Waals surface area contributed by atoms with E-state index < -0.39 is 0 Å². The van der Waals surface area contributed by atoms with Gasteiger partial charge in [-0.05, 0) is 18.8 Å². The smallest absolute Gasteiger partial charge is 0.246 e. The van der Waals surface area contributed by atoms with Gasteiger partial charge in [-0.15, -0.1) is 0 Å². The Hall–Kier alpha value is -1.06. The van der Waals surface area contributed by atoms with Gasteiger partial charge in [0.25, 0.3) is 0 Å². The van der Waals surface area contributed by atoms with E-state index in [1.54, 1.807) is 4.90 Å². The fourth-order valence-electron chi connectivity index (χ4n) is 2.24. The van der Waals surface area contributed by atoms with Crippen LogP contribution in [0.1, 0.15) is 26.7 Å². The summed E-state index contributed by atoms with van der Waals surface area (Å²) in [5.74, 6) is 0.302. The van der Waals surface area contributed by atoms with Crippen LogP contribution in [0.3, 0.4) is 0 Å². The molecule has 2 saturated heterocycles. The highest BCUT2D eigenvalue weighted by molar-refractivity contribution is 5.97. The average Bonchev–Trinajstić information content (AvgIpc) is 2.59. The minimum Gasteiger partial charge on any atom is -0.342 e. The van der Waals surface area contributed by atoms with Gasteiger partial charge in [0.1, 0.15) is 12.1 Å². The molecule has 2 fully saturated rings. The van der Waals surface area contributed by atoms with Crippen LogP contribution in [0.5, 0.6) is 0 Å². The SMILES string of the molecule is CC(C)C1NC(=O)[C@@H]2CCCN2C1=O. The van der Waals surface area contributed by atoms with Crippen molar-refractivity contribution in [3.05, 3.63) is 0 Å². The molecule has 0 aromatic carbocycles. The first-order valence-corrected chi connectivity index (χ1v) is 5.22. The van der Waals surface area contributed by atoms with Gasteiger partial charge in [0.15, 0.2) is 0 Å². The summed E-state index contributed by atoms with van der Waals surface area (Å²) in [4.78, 5) is 25.3. The van der Waals surface area contributed by atoms with Crippen LogP contribution in [0.2, 0.25) is 0 Å². The Labute approximate surface area is 83.6 Å². The van der Waals surface area contributed by atoms with E-state index in [0.717, 1.165) is 19.4 Å². The molecule has 0 saturated carbocycles. The molecule has 2 aliphatic heterocycles. The number of amides is 2. The number of nitrogens with zero attached hydrogens (tertiary/aromatic N) is 1. The number of nitrogens with one attached hydrogen (secondary N) is 1. The summed E-state index contributed by atoms with van der Waals surface area (Å²) < 4.78 is 0. The van der Waals surface area contributed by atoms with E-state index in [2.05, 4.69) is 5.32 Å². The van der Waals surface area contributed by atoms with Crippen molar-refractivity contribution in [1.82, 2.24) is 10.2 Å². The first-order chi connectivity index (χ1) is 6.61. The zero-order chi connectivity index (χ0) is 10.3. The number of carbonyl (C=O) groups excluding carboxylic acids is 2. The maximum atomic E-state index is 11.9. The van der Waals surface area contributed by atoms with Crippen molar-refractivity contribution >= 4 is 11.8 Å². The van der Waals surface area contributed by atoms with Gasteiger partial charge >= 0.3 is 0 Å². The molecule has 0 spiro atoms. The standard InChI is InChI=1S/C10H16N2O2/c1-6(2)8-10(14)12-5-3-4-7(12)9(13)11-8/h6-8H,3-5H2,1-2H3,(H,11,13)/t7-,8?/m0/s1. The van der Waals surface area contributed by atoms with Gasteiger partial charge in [-0.25, -0.2) is 0 Å². The Morgan fingerprint density at radius 3 is 2.79 bits per heavy atom. The Bertz CT molecular complexity index is 271. The molecule has 1 N–H and O–H groups in total. The highest BCUT2D eigenvalue weighted by Gasteiger charge is 2.43. The summed E-state index contributed by atoms with van der Waals surface area (Å²) in [5.41, 5.74) is 0. The van der Waals surface area contributed by atoms with Crippen molar-refractivity contribution in [2.24, 2.45) is 5.92 Å². The normalized spacial score (nSPS) is 32.1. The second-order valence-corrected chi connectivity index (χ2v) is 4.42. The van der Waals surface area contributed by atoms with Crippen LogP contribution in [0.4, 0.5) is 0 Å². The van der Waals surface area contributed by atoms with Gasteiger partial charge in [0.05, 0.1) is 0 Å². The van der Waals surface area contributed by atoms with Crippen molar-refractivity contribution in [2.45, 2.75) is 38.8 Å². The Balaban J connectivity index is 2.20. The lowest BCUT2D eigenvalue weighted by Gasteiger charge is -2.36. The van der Waals surface area contributed by atoms with E-state index in [1.807, 2.05) is 13.8 Å². The summed E-state index contributed by atoms with van der Waals surface area (Å²) in [6, 6.07) is -0.491. The zero-order valence-electron chi connectivity index (χ0n) is 8.62. The van der Waals surface area contributed by atoms with Crippen molar-refractivity contribution in [2.75, 3.05) is 6.54 Å². The Morgan fingerprint density at radius 2 is 2.14 bits per heavy atom. The summed E-state index contributed by atoms with van der Waals surface area (Å²) in [6.45, 7) is 4.67. The van der Waals surface area contributed by atoms with E-state index in [9.17, 15) is 9.59 Å². The van der Waals surface area contributed by atoms with E-state index in [1.165, 1.54) is 0 Å². The molecule has 4 nitrogen and oxygen atoms in total. The molecule has 0 aromatic rings. The second-order valence-electron chi connectivity index (χ2n) is 4.42. The average molecular weight is 196 g/mol. The maximum absolute atomic E-state index is 11.9. The molecule has 0 radical (unpaired) electrons. The van der Waals surface area contributed by atoms with E-state index in [0.29, 0.717) is 0 Å². The first-order valence-electron chi connectivity index (χ1n) is 5.22. The van der Waals surface area contributed by atoms with Gasteiger partial charge in [-0.2, -0.15) is 0 Å². The molecule has 0 bridgehead atoms. The molecule has 2 rings (SSSR count). The van der Waals surface area contributed by atoms with Crippen LogP contribution in [0.25, 0.3) is 0 Å². The quantitative estimate of drug-likeness (QED) is 0.648. The van der Waals surface area contributed by atoms with E-state index >= 15 is 0 Å². The summed E-state index contributed by atoms with van der Waals surface area (Å²) in [5, 5.41) is 2.81. The van der Waals surface area contributed by atoms with E-state index in [-0.39, 0.29) is 29.8 Å². The summed E-state index contributed by atoms with van der Waals surface area (Å²) in [6.07, 6.45) is 1.77. The minimum absolute atomic E-state index is 0.0285. The van der Waals surface area contributed by atoms with Crippen LogP contribution in [-0.2, 0) is 9.59 Å². The Morgan fingerprint density at radius 1 is 1.43 bits per heavy atom. The third-order valence-electron chi connectivity index (χ3n) is 3.07. The molecule has 4 heteroatoms. The molecule has 2 amide bonds. The van der Waals surface area contributed by atoms with Gasteiger partial charge < -0.3 is 10.2 Å². The number of rotatable bonds is 1. The van der Waals surface area contributed by atoms with Crippen LogP contribution >= 0.6 is 0 Å². The molecule has 1 unspecified atom stereocenters. The number of carbonyl (C=O) groups is 2. The molecule has 2 heterocycles. The molecule has 78 valence electrons. The van der Waals surface area contributed by atoms with Crippen LogP contribution in [0.15, 0.2) is 0 Å². The van der Waals surface area contributed by atoms with Crippen LogP contribution in [-0.4, -0.2) is 35.3 Å². The lowest BCUT2D eigenvalue weighted by molar-refractivity contribution is -0.148. The van der Waals surface area contributed by atoms with Crippen LogP contribution < -0.4 is 5.32 Å². The van der Waals surface area contributed by atoms with Crippen molar-refractivity contribution in [3.8, 4) is 0 Å². The molecular formula is C10H16N2O2. The first kappa shape index (κ1) is 9.49. The highest BCUT2D eigenvalue weighted by Crippen LogP contribution is 2.23. The minimum atomic E-state index is -0.308. The number of hydrogen-bond donors (Lipinski definition) is 1. The Kier molecular flexibility index (Phi) is 2.21. The monoisotopic (exact) mass is 196 g/mol. The predicted molar refractivity (Wildman–Crippen MR) is 51.5 cm³/mol. The fourth-order valence-corrected chi connectivity index (χ4v) is 2.24. The van der Waals surface area contributed by atoms with Crippen LogP contribution in [0, 0.1) is 5.92 Å². The molecular weight excluding hydrogens is 180 g/mol. The van der Waals surface area contributed by atoms with Gasteiger partial charge in [0.2, 0.25) is 11.8 Å². The summed E-state index contributed by atoms with van der Waals surface area (Å²) >= 11 is 0. The largest absolute Gasteiger partial charge is 0.342 e. The third kappa shape index (κ3) is 1.29. The van der Waals surface area contributed by atoms with Crippen molar-refractivity contribution in [3.63, 3.8) is 0 Å². The number of hydrogen-bond acceptors (Lipinski definition) is 2. The van der Waals surface area contributed by atoms with Crippen molar-refractivity contribution in [1.29, 1.82) is 0 Å². The number of fused-ring (bicyclic) bond motifs is 1. The molecule has 2 aliphatic rings. The zero-order valence-corrected chi connectivity index (χ0v) is 8.62.